The largest absolute Gasteiger partial charge is 0.497 e. The number of benzene rings is 4. The maximum atomic E-state index is 15.9. The zero-order valence-electron chi connectivity index (χ0n) is 26.8. The molecule has 47 heavy (non-hydrogen) atoms. The van der Waals surface area contributed by atoms with Gasteiger partial charge in [0.2, 0.25) is 8.41 Å². The molecule has 3 aliphatic rings. The summed E-state index contributed by atoms with van der Waals surface area (Å²) in [7, 11) is -1.76. The molecule has 1 spiro atoms. The van der Waals surface area contributed by atoms with Crippen molar-refractivity contribution in [3.05, 3.63) is 108 Å². The van der Waals surface area contributed by atoms with E-state index in [1.54, 1.807) is 54.3 Å². The summed E-state index contributed by atoms with van der Waals surface area (Å²) < 4.78 is 34.3. The van der Waals surface area contributed by atoms with Crippen LogP contribution in [0.3, 0.4) is 0 Å². The van der Waals surface area contributed by atoms with E-state index in [1.165, 1.54) is 0 Å². The summed E-state index contributed by atoms with van der Waals surface area (Å²) in [6, 6.07) is 27.6. The van der Waals surface area contributed by atoms with Crippen LogP contribution in [0, 0.1) is 5.92 Å². The van der Waals surface area contributed by atoms with E-state index in [-0.39, 0.29) is 31.4 Å². The lowest BCUT2D eigenvalue weighted by Gasteiger charge is -2.31. The summed E-state index contributed by atoms with van der Waals surface area (Å²) in [6.07, 6.45) is -0.364. The number of fused-ring (bicyclic) bond motifs is 4. The number of hydrogen-bond donors (Lipinski definition) is 1. The summed E-state index contributed by atoms with van der Waals surface area (Å²) in [5, 5.41) is 9.86. The molecule has 8 nitrogen and oxygen atoms in total. The number of aliphatic hydroxyl groups excluding tert-OH is 1. The first-order valence-electron chi connectivity index (χ1n) is 15.9. The van der Waals surface area contributed by atoms with Gasteiger partial charge in [-0.2, -0.15) is 0 Å². The van der Waals surface area contributed by atoms with Gasteiger partial charge in [0, 0.05) is 29.3 Å². The Kier molecular flexibility index (Phi) is 7.69. The number of halogens is 1. The van der Waals surface area contributed by atoms with Crippen molar-refractivity contribution in [1.82, 2.24) is 0 Å². The van der Waals surface area contributed by atoms with Crippen molar-refractivity contribution in [2.45, 2.75) is 50.2 Å². The second kappa shape index (κ2) is 11.6. The minimum atomic E-state index is -3.33. The molecule has 1 saturated heterocycles. The number of methoxy groups -OCH3 is 1. The maximum Gasteiger partial charge on any atom is 0.266 e. The van der Waals surface area contributed by atoms with Gasteiger partial charge in [0.05, 0.1) is 36.7 Å². The van der Waals surface area contributed by atoms with Crippen LogP contribution >= 0.6 is 0 Å². The standard InChI is InChI=1S/C37H37FN2O6Si/c1-23-34(47(3,4)38)33(18-19-41)46-37(23)28-21-26(44-2)16-17-29(28)39(36(37)43)22-24-10-9-11-25(20-24)40-30-13-6-8-15-32(30)45-31-14-7-5-12-27(31)35(40)42/h5-17,20-21,23,33-34,41H,18-19,22H2,1-4H3/t23-,33+,34-,37+/m0/s1. The van der Waals surface area contributed by atoms with E-state index >= 15 is 4.11 Å². The van der Waals surface area contributed by atoms with Gasteiger partial charge < -0.3 is 28.3 Å². The van der Waals surface area contributed by atoms with Gasteiger partial charge in [-0.05, 0) is 79.7 Å². The predicted molar refractivity (Wildman–Crippen MR) is 180 cm³/mol. The van der Waals surface area contributed by atoms with Gasteiger partial charge in [0.1, 0.15) is 11.5 Å². The first kappa shape index (κ1) is 31.1. The Morgan fingerprint density at radius 1 is 0.936 bits per heavy atom. The number of hydrogen-bond acceptors (Lipinski definition) is 6. The molecule has 0 unspecified atom stereocenters. The molecule has 3 aliphatic heterocycles. The topological polar surface area (TPSA) is 88.5 Å². The van der Waals surface area contributed by atoms with Crippen LogP contribution in [0.4, 0.5) is 21.2 Å². The molecule has 4 atom stereocenters. The average Bonchev–Trinajstić information content (AvgIpc) is 3.43. The molecule has 4 aromatic rings. The number of rotatable bonds is 7. The minimum absolute atomic E-state index is 0.169. The van der Waals surface area contributed by atoms with E-state index in [0.29, 0.717) is 45.4 Å². The summed E-state index contributed by atoms with van der Waals surface area (Å²) >= 11 is 0. The molecular weight excluding hydrogens is 615 g/mol. The van der Waals surface area contributed by atoms with Crippen molar-refractivity contribution in [3.63, 3.8) is 0 Å². The zero-order chi connectivity index (χ0) is 33.1. The first-order chi connectivity index (χ1) is 22.6. The molecule has 0 saturated carbocycles. The second-order valence-electron chi connectivity index (χ2n) is 12.9. The lowest BCUT2D eigenvalue weighted by Crippen LogP contribution is -2.45. The zero-order valence-corrected chi connectivity index (χ0v) is 27.8. The molecule has 7 rings (SSSR count). The molecule has 1 fully saturated rings. The molecule has 0 radical (unpaired) electrons. The Balaban J connectivity index is 1.29. The maximum absolute atomic E-state index is 15.9. The molecule has 242 valence electrons. The second-order valence-corrected chi connectivity index (χ2v) is 16.7. The quantitative estimate of drug-likeness (QED) is 0.165. The molecule has 4 aromatic carbocycles. The molecular formula is C37H37FN2O6Si. The lowest BCUT2D eigenvalue weighted by molar-refractivity contribution is -0.146. The Labute approximate surface area is 274 Å². The van der Waals surface area contributed by atoms with Crippen LogP contribution in [-0.2, 0) is 21.7 Å². The van der Waals surface area contributed by atoms with Gasteiger partial charge in [0.15, 0.2) is 11.4 Å². The van der Waals surface area contributed by atoms with Gasteiger partial charge in [0.25, 0.3) is 11.8 Å². The van der Waals surface area contributed by atoms with Gasteiger partial charge in [-0.1, -0.05) is 43.3 Å². The van der Waals surface area contributed by atoms with Crippen molar-refractivity contribution in [2.24, 2.45) is 5.92 Å². The Bertz CT molecular complexity index is 1880. The molecule has 0 bridgehead atoms. The molecule has 3 heterocycles. The van der Waals surface area contributed by atoms with Crippen LogP contribution in [0.1, 0.15) is 34.8 Å². The molecule has 1 N–H and O–H groups in total. The normalized spacial score (nSPS) is 23.3. The molecule has 2 amide bonds. The van der Waals surface area contributed by atoms with Crippen molar-refractivity contribution in [1.29, 1.82) is 0 Å². The van der Waals surface area contributed by atoms with Crippen LogP contribution in [0.5, 0.6) is 17.2 Å². The highest BCUT2D eigenvalue weighted by Gasteiger charge is 2.66. The molecule has 10 heteroatoms. The number of amides is 2. The smallest absolute Gasteiger partial charge is 0.266 e. The summed E-state index contributed by atoms with van der Waals surface area (Å²) in [5.74, 6) is 0.604. The summed E-state index contributed by atoms with van der Waals surface area (Å²) in [5.41, 5.74) is 1.82. The van der Waals surface area contributed by atoms with Gasteiger partial charge in [-0.25, -0.2) is 0 Å². The fraction of sp³-hybridized carbons (Fsp3) is 0.297. The highest BCUT2D eigenvalue weighted by Crippen LogP contribution is 2.60. The van der Waals surface area contributed by atoms with Crippen molar-refractivity contribution < 1.29 is 33.0 Å². The lowest BCUT2D eigenvalue weighted by atomic mass is 9.82. The van der Waals surface area contributed by atoms with Gasteiger partial charge >= 0.3 is 0 Å². The van der Waals surface area contributed by atoms with E-state index in [2.05, 4.69) is 0 Å². The third-order valence-electron chi connectivity index (χ3n) is 9.74. The van der Waals surface area contributed by atoms with Crippen LogP contribution < -0.4 is 19.3 Å². The van der Waals surface area contributed by atoms with E-state index in [4.69, 9.17) is 14.2 Å². The van der Waals surface area contributed by atoms with Gasteiger partial charge in [-0.15, -0.1) is 0 Å². The highest BCUT2D eigenvalue weighted by atomic mass is 28.4. The van der Waals surface area contributed by atoms with Crippen molar-refractivity contribution in [2.75, 3.05) is 23.5 Å². The Hall–Kier alpha value is -4.51. The highest BCUT2D eigenvalue weighted by molar-refractivity contribution is 6.72. The molecule has 0 aliphatic carbocycles. The Morgan fingerprint density at radius 3 is 2.43 bits per heavy atom. The number of anilines is 3. The number of carbonyl (C=O) groups excluding carboxylic acids is 2. The number of para-hydroxylation sites is 3. The van der Waals surface area contributed by atoms with Crippen LogP contribution in [0.15, 0.2) is 91.0 Å². The number of nitrogens with zero attached hydrogens (tertiary/aromatic N) is 2. The number of ether oxygens (including phenoxy) is 3. The van der Waals surface area contributed by atoms with Crippen LogP contribution in [-0.4, -0.2) is 45.1 Å². The summed E-state index contributed by atoms with van der Waals surface area (Å²) in [6.45, 7) is 5.19. The minimum Gasteiger partial charge on any atom is -0.497 e. The van der Waals surface area contributed by atoms with Crippen LogP contribution in [0.25, 0.3) is 0 Å². The van der Waals surface area contributed by atoms with E-state index in [1.807, 2.05) is 73.7 Å². The van der Waals surface area contributed by atoms with Crippen molar-refractivity contribution >= 4 is 37.3 Å². The first-order valence-corrected chi connectivity index (χ1v) is 18.8. The fourth-order valence-electron chi connectivity index (χ4n) is 7.75. The van der Waals surface area contributed by atoms with E-state index in [9.17, 15) is 14.7 Å². The van der Waals surface area contributed by atoms with Crippen LogP contribution in [0.2, 0.25) is 18.6 Å². The third kappa shape index (κ3) is 4.94. The van der Waals surface area contributed by atoms with E-state index < -0.39 is 31.6 Å². The number of aliphatic hydroxyl groups is 1. The Morgan fingerprint density at radius 2 is 1.68 bits per heavy atom. The fourth-order valence-corrected chi connectivity index (χ4v) is 10.3. The van der Waals surface area contributed by atoms with Gasteiger partial charge in [-0.3, -0.25) is 14.5 Å². The summed E-state index contributed by atoms with van der Waals surface area (Å²) in [4.78, 5) is 32.1. The third-order valence-corrected chi connectivity index (χ3v) is 12.2. The predicted octanol–water partition coefficient (Wildman–Crippen LogP) is 7.48. The SMILES string of the molecule is COc1ccc2c(c1)[C@@]1(O[C@H](CCO)[C@@H]([Si](C)(C)F)[C@@H]1C)C(=O)N2Cc1cccc(N2C(=O)c3ccccc3Oc3ccccc32)c1. The molecule has 0 aromatic heterocycles. The van der Waals surface area contributed by atoms with Crippen molar-refractivity contribution in [3.8, 4) is 17.2 Å². The number of carbonyl (C=O) groups is 2. The van der Waals surface area contributed by atoms with E-state index in [0.717, 1.165) is 5.56 Å². The monoisotopic (exact) mass is 652 g/mol. The average molecular weight is 653 g/mol.